The Balaban J connectivity index is 2.20. The van der Waals surface area contributed by atoms with E-state index >= 15 is 0 Å². The van der Waals surface area contributed by atoms with Gasteiger partial charge in [0.1, 0.15) is 0 Å². The highest BCUT2D eigenvalue weighted by Gasteiger charge is 2.13. The van der Waals surface area contributed by atoms with Gasteiger partial charge in [-0.1, -0.05) is 25.7 Å². The quantitative estimate of drug-likeness (QED) is 0.633. The Bertz CT molecular complexity index is 108. The Morgan fingerprint density at radius 2 is 1.83 bits per heavy atom. The van der Waals surface area contributed by atoms with Crippen molar-refractivity contribution in [2.75, 3.05) is 6.61 Å². The van der Waals surface area contributed by atoms with Crippen molar-refractivity contribution < 1.29 is 5.11 Å². The predicted molar refractivity (Wildman–Crippen MR) is 51.2 cm³/mol. The van der Waals surface area contributed by atoms with Crippen molar-refractivity contribution in [2.24, 2.45) is 0 Å². The zero-order valence-electron chi connectivity index (χ0n) is 8.05. The van der Waals surface area contributed by atoms with Gasteiger partial charge in [-0.05, 0) is 19.8 Å². The summed E-state index contributed by atoms with van der Waals surface area (Å²) in [4.78, 5) is 0. The summed E-state index contributed by atoms with van der Waals surface area (Å²) in [5.41, 5.74) is 0. The number of aliphatic hydroxyl groups is 1. The molecule has 1 atom stereocenters. The van der Waals surface area contributed by atoms with Crippen molar-refractivity contribution in [3.63, 3.8) is 0 Å². The molecule has 2 nitrogen and oxygen atoms in total. The lowest BCUT2D eigenvalue weighted by Gasteiger charge is -2.20. The molecule has 1 aliphatic carbocycles. The van der Waals surface area contributed by atoms with E-state index in [0.29, 0.717) is 6.04 Å². The standard InChI is InChI=1S/C10H21NO/c1-9(8-12)11-10-6-4-2-3-5-7-10/h9-12H,2-8H2,1H3/t9-/m1/s1. The monoisotopic (exact) mass is 171 g/mol. The van der Waals surface area contributed by atoms with E-state index in [2.05, 4.69) is 5.32 Å². The average Bonchev–Trinajstić information content (AvgIpc) is 2.33. The molecule has 0 radical (unpaired) electrons. The molecule has 2 N–H and O–H groups in total. The molecule has 72 valence electrons. The van der Waals surface area contributed by atoms with Crippen molar-refractivity contribution in [2.45, 2.75) is 57.5 Å². The van der Waals surface area contributed by atoms with Gasteiger partial charge in [-0.25, -0.2) is 0 Å². The summed E-state index contributed by atoms with van der Waals surface area (Å²) in [5.74, 6) is 0. The van der Waals surface area contributed by atoms with Gasteiger partial charge in [-0.15, -0.1) is 0 Å². The fourth-order valence-electron chi connectivity index (χ4n) is 1.90. The van der Waals surface area contributed by atoms with Gasteiger partial charge in [0.2, 0.25) is 0 Å². The van der Waals surface area contributed by atoms with Crippen LogP contribution in [0.5, 0.6) is 0 Å². The maximum atomic E-state index is 8.87. The number of aliphatic hydroxyl groups excluding tert-OH is 1. The van der Waals surface area contributed by atoms with E-state index in [-0.39, 0.29) is 12.6 Å². The van der Waals surface area contributed by atoms with Gasteiger partial charge in [0.25, 0.3) is 0 Å². The summed E-state index contributed by atoms with van der Waals surface area (Å²) in [6.45, 7) is 2.31. The van der Waals surface area contributed by atoms with Crippen LogP contribution in [0.25, 0.3) is 0 Å². The Morgan fingerprint density at radius 3 is 2.33 bits per heavy atom. The van der Waals surface area contributed by atoms with Crippen molar-refractivity contribution in [3.05, 3.63) is 0 Å². The maximum absolute atomic E-state index is 8.87. The van der Waals surface area contributed by atoms with Crippen LogP contribution in [0.3, 0.4) is 0 Å². The van der Waals surface area contributed by atoms with Crippen molar-refractivity contribution >= 4 is 0 Å². The third kappa shape index (κ3) is 3.55. The molecule has 0 aromatic rings. The Labute approximate surface area is 75.4 Å². The molecular formula is C10H21NO. The SMILES string of the molecule is C[C@H](CO)NC1CCCCCC1. The van der Waals surface area contributed by atoms with E-state index in [1.165, 1.54) is 38.5 Å². The van der Waals surface area contributed by atoms with Crippen LogP contribution in [-0.2, 0) is 0 Å². The van der Waals surface area contributed by atoms with Gasteiger partial charge in [-0.3, -0.25) is 0 Å². The van der Waals surface area contributed by atoms with Crippen LogP contribution in [-0.4, -0.2) is 23.8 Å². The molecule has 1 fully saturated rings. The van der Waals surface area contributed by atoms with Crippen LogP contribution in [0, 0.1) is 0 Å². The summed E-state index contributed by atoms with van der Waals surface area (Å²) in [7, 11) is 0. The van der Waals surface area contributed by atoms with E-state index in [9.17, 15) is 0 Å². The third-order valence-electron chi connectivity index (χ3n) is 2.65. The molecule has 0 aliphatic heterocycles. The summed E-state index contributed by atoms with van der Waals surface area (Å²) >= 11 is 0. The van der Waals surface area contributed by atoms with Crippen molar-refractivity contribution in [3.8, 4) is 0 Å². The van der Waals surface area contributed by atoms with Gasteiger partial charge in [0.05, 0.1) is 6.61 Å². The first kappa shape index (κ1) is 10.0. The first-order valence-corrected chi connectivity index (χ1v) is 5.20. The van der Waals surface area contributed by atoms with E-state index in [0.717, 1.165) is 0 Å². The number of rotatable bonds is 3. The van der Waals surface area contributed by atoms with E-state index < -0.39 is 0 Å². The molecular weight excluding hydrogens is 150 g/mol. The van der Waals surface area contributed by atoms with E-state index in [1.807, 2.05) is 6.92 Å². The zero-order chi connectivity index (χ0) is 8.81. The molecule has 2 heteroatoms. The van der Waals surface area contributed by atoms with Gasteiger partial charge in [-0.2, -0.15) is 0 Å². The lowest BCUT2D eigenvalue weighted by molar-refractivity contribution is 0.236. The lowest BCUT2D eigenvalue weighted by Crippen LogP contribution is -2.38. The van der Waals surface area contributed by atoms with Gasteiger partial charge < -0.3 is 10.4 Å². The van der Waals surface area contributed by atoms with Crippen LogP contribution in [0.4, 0.5) is 0 Å². The van der Waals surface area contributed by atoms with Crippen molar-refractivity contribution in [1.82, 2.24) is 5.32 Å². The second-order valence-corrected chi connectivity index (χ2v) is 3.94. The summed E-state index contributed by atoms with van der Waals surface area (Å²) in [6.07, 6.45) is 8.09. The van der Waals surface area contributed by atoms with Crippen LogP contribution in [0.2, 0.25) is 0 Å². The highest BCUT2D eigenvalue weighted by molar-refractivity contribution is 4.73. The summed E-state index contributed by atoms with van der Waals surface area (Å²) in [5, 5.41) is 12.3. The van der Waals surface area contributed by atoms with Crippen molar-refractivity contribution in [1.29, 1.82) is 0 Å². The zero-order valence-corrected chi connectivity index (χ0v) is 8.05. The van der Waals surface area contributed by atoms with Crippen LogP contribution >= 0.6 is 0 Å². The largest absolute Gasteiger partial charge is 0.395 e. The minimum atomic E-state index is 0.260. The molecule has 1 rings (SSSR count). The molecule has 0 heterocycles. The minimum absolute atomic E-state index is 0.260. The topological polar surface area (TPSA) is 32.3 Å². The Hall–Kier alpha value is -0.0800. The first-order chi connectivity index (χ1) is 5.83. The molecule has 0 aromatic heterocycles. The molecule has 0 amide bonds. The number of hydrogen-bond donors (Lipinski definition) is 2. The number of hydrogen-bond acceptors (Lipinski definition) is 2. The number of nitrogens with one attached hydrogen (secondary N) is 1. The fraction of sp³-hybridized carbons (Fsp3) is 1.00. The fourth-order valence-corrected chi connectivity index (χ4v) is 1.90. The minimum Gasteiger partial charge on any atom is -0.395 e. The van der Waals surface area contributed by atoms with Gasteiger partial charge in [0.15, 0.2) is 0 Å². The molecule has 1 aliphatic rings. The summed E-state index contributed by atoms with van der Waals surface area (Å²) < 4.78 is 0. The Morgan fingerprint density at radius 1 is 1.25 bits per heavy atom. The normalized spacial score (nSPS) is 23.5. The predicted octanol–water partition coefficient (Wildman–Crippen LogP) is 1.68. The Kier molecular flexibility index (Phi) is 4.62. The van der Waals surface area contributed by atoms with Gasteiger partial charge in [0, 0.05) is 12.1 Å². The van der Waals surface area contributed by atoms with Gasteiger partial charge >= 0.3 is 0 Å². The van der Waals surface area contributed by atoms with Crippen LogP contribution < -0.4 is 5.32 Å². The molecule has 0 unspecified atom stereocenters. The third-order valence-corrected chi connectivity index (χ3v) is 2.65. The molecule has 0 saturated heterocycles. The first-order valence-electron chi connectivity index (χ1n) is 5.20. The molecule has 0 aromatic carbocycles. The maximum Gasteiger partial charge on any atom is 0.0582 e. The van der Waals surface area contributed by atoms with Crippen LogP contribution in [0.1, 0.15) is 45.4 Å². The van der Waals surface area contributed by atoms with E-state index in [4.69, 9.17) is 5.11 Å². The highest BCUT2D eigenvalue weighted by Crippen LogP contribution is 2.17. The van der Waals surface area contributed by atoms with E-state index in [1.54, 1.807) is 0 Å². The summed E-state index contributed by atoms with van der Waals surface area (Å²) in [6, 6.07) is 0.933. The average molecular weight is 171 g/mol. The second-order valence-electron chi connectivity index (χ2n) is 3.94. The molecule has 12 heavy (non-hydrogen) atoms. The molecule has 1 saturated carbocycles. The lowest BCUT2D eigenvalue weighted by atomic mass is 10.1. The highest BCUT2D eigenvalue weighted by atomic mass is 16.3. The van der Waals surface area contributed by atoms with Crippen LogP contribution in [0.15, 0.2) is 0 Å². The second kappa shape index (κ2) is 5.55. The smallest absolute Gasteiger partial charge is 0.0582 e. The molecule has 0 bridgehead atoms. The molecule has 0 spiro atoms.